The molecule has 0 aliphatic carbocycles. The highest BCUT2D eigenvalue weighted by Gasteiger charge is 2.28. The lowest BCUT2D eigenvalue weighted by atomic mass is 10.2. The van der Waals surface area contributed by atoms with Crippen LogP contribution in [0.4, 0.5) is 0 Å². The maximum atomic E-state index is 13.3. The van der Waals surface area contributed by atoms with Crippen LogP contribution in [0, 0.1) is 0 Å². The van der Waals surface area contributed by atoms with Crippen LogP contribution in [0.2, 0.25) is 0 Å². The average Bonchev–Trinajstić information content (AvgIpc) is 3.22. The highest BCUT2D eigenvalue weighted by molar-refractivity contribution is 7.89. The molecule has 0 saturated carbocycles. The maximum absolute atomic E-state index is 13.3. The third-order valence-electron chi connectivity index (χ3n) is 5.16. The summed E-state index contributed by atoms with van der Waals surface area (Å²) in [4.78, 5) is 19.0. The lowest BCUT2D eigenvalue weighted by Gasteiger charge is -2.18. The van der Waals surface area contributed by atoms with Crippen LogP contribution in [0.5, 0.6) is 0 Å². The molecule has 3 heterocycles. The third-order valence-corrected chi connectivity index (χ3v) is 6.20. The molecule has 0 atom stereocenters. The van der Waals surface area contributed by atoms with Gasteiger partial charge in [0.1, 0.15) is 5.69 Å². The minimum Gasteiger partial charge on any atom is -0.337 e. The van der Waals surface area contributed by atoms with Gasteiger partial charge in [-0.05, 0) is 38.1 Å². The zero-order chi connectivity index (χ0) is 21.6. The number of benzene rings is 1. The van der Waals surface area contributed by atoms with Crippen molar-refractivity contribution in [2.24, 2.45) is 0 Å². The van der Waals surface area contributed by atoms with Gasteiger partial charge in [-0.2, -0.15) is 0 Å². The molecule has 4 rings (SSSR count). The van der Waals surface area contributed by atoms with Crippen molar-refractivity contribution in [3.63, 3.8) is 0 Å². The summed E-state index contributed by atoms with van der Waals surface area (Å²) in [5, 5.41) is 0.804. The van der Waals surface area contributed by atoms with E-state index in [1.54, 1.807) is 19.3 Å². The minimum absolute atomic E-state index is 0.0945. The van der Waals surface area contributed by atoms with E-state index in [4.69, 9.17) is 0 Å². The number of para-hydroxylation sites is 1. The molecule has 4 aromatic rings. The van der Waals surface area contributed by atoms with Gasteiger partial charge in [0.15, 0.2) is 0 Å². The number of hydrogen-bond donors (Lipinski definition) is 0. The predicted molar refractivity (Wildman–Crippen MR) is 118 cm³/mol. The molecule has 0 unspecified atom stereocenters. The van der Waals surface area contributed by atoms with Crippen molar-refractivity contribution in [2.75, 3.05) is 13.3 Å². The molecule has 0 N–H and O–H groups in total. The summed E-state index contributed by atoms with van der Waals surface area (Å²) in [6, 6.07) is 14.9. The second-order valence-corrected chi connectivity index (χ2v) is 9.59. The SMILES string of the molecule is CC(C)n1c2ccccc2c2c1cc(C(=O)N(C)Cc1ccccn1)n2S(C)(=O)=O. The van der Waals surface area contributed by atoms with Gasteiger partial charge in [0, 0.05) is 24.7 Å². The quantitative estimate of drug-likeness (QED) is 0.490. The predicted octanol–water partition coefficient (Wildman–Crippen LogP) is 3.65. The number of carbonyl (C=O) groups is 1. The van der Waals surface area contributed by atoms with Gasteiger partial charge in [0.2, 0.25) is 10.0 Å². The van der Waals surface area contributed by atoms with Crippen LogP contribution in [-0.2, 0) is 16.6 Å². The molecular weight excluding hydrogens is 400 g/mol. The van der Waals surface area contributed by atoms with Gasteiger partial charge >= 0.3 is 0 Å². The highest BCUT2D eigenvalue weighted by Crippen LogP contribution is 2.35. The van der Waals surface area contributed by atoms with E-state index in [0.29, 0.717) is 5.52 Å². The Morgan fingerprint density at radius 2 is 1.80 bits per heavy atom. The first-order valence-corrected chi connectivity index (χ1v) is 11.5. The lowest BCUT2D eigenvalue weighted by molar-refractivity contribution is 0.0777. The summed E-state index contributed by atoms with van der Waals surface area (Å²) in [5.74, 6) is -0.373. The fourth-order valence-corrected chi connectivity index (χ4v) is 4.99. The second-order valence-electron chi connectivity index (χ2n) is 7.75. The first kappa shape index (κ1) is 20.2. The molecular formula is C22H24N4O3S. The van der Waals surface area contributed by atoms with Crippen LogP contribution in [-0.4, -0.2) is 46.1 Å². The van der Waals surface area contributed by atoms with Crippen molar-refractivity contribution in [1.29, 1.82) is 0 Å². The Bertz CT molecular complexity index is 1350. The molecule has 0 aliphatic rings. The fourth-order valence-electron chi connectivity index (χ4n) is 3.98. The van der Waals surface area contributed by atoms with E-state index in [1.807, 2.05) is 56.3 Å². The van der Waals surface area contributed by atoms with Crippen molar-refractivity contribution in [3.05, 3.63) is 66.1 Å². The molecule has 0 saturated heterocycles. The smallest absolute Gasteiger partial charge is 0.271 e. The van der Waals surface area contributed by atoms with E-state index in [-0.39, 0.29) is 24.2 Å². The van der Waals surface area contributed by atoms with Crippen molar-refractivity contribution in [3.8, 4) is 0 Å². The Kier molecular flexibility index (Phi) is 4.89. The van der Waals surface area contributed by atoms with Crippen LogP contribution in [0.15, 0.2) is 54.7 Å². The summed E-state index contributed by atoms with van der Waals surface area (Å²) < 4.78 is 28.9. The Morgan fingerprint density at radius 3 is 2.43 bits per heavy atom. The maximum Gasteiger partial charge on any atom is 0.271 e. The fraction of sp³-hybridized carbons (Fsp3) is 0.273. The first-order chi connectivity index (χ1) is 14.2. The normalized spacial score (nSPS) is 12.2. The number of fused-ring (bicyclic) bond motifs is 3. The second kappa shape index (κ2) is 7.28. The van der Waals surface area contributed by atoms with Gasteiger partial charge in [-0.25, -0.2) is 12.4 Å². The van der Waals surface area contributed by atoms with Gasteiger partial charge in [0.05, 0.1) is 35.0 Å². The number of amides is 1. The van der Waals surface area contributed by atoms with Gasteiger partial charge in [-0.3, -0.25) is 9.78 Å². The van der Waals surface area contributed by atoms with Crippen molar-refractivity contribution >= 4 is 37.9 Å². The number of carbonyl (C=O) groups excluding carboxylic acids is 1. The molecule has 1 amide bonds. The number of hydrogen-bond acceptors (Lipinski definition) is 4. The van der Waals surface area contributed by atoms with Gasteiger partial charge in [-0.15, -0.1) is 0 Å². The molecule has 0 radical (unpaired) electrons. The molecule has 1 aromatic carbocycles. The van der Waals surface area contributed by atoms with Crippen molar-refractivity contribution in [2.45, 2.75) is 26.4 Å². The monoisotopic (exact) mass is 424 g/mol. The van der Waals surface area contributed by atoms with E-state index < -0.39 is 10.0 Å². The Labute approximate surface area is 175 Å². The molecule has 0 aliphatic heterocycles. The van der Waals surface area contributed by atoms with Crippen LogP contribution >= 0.6 is 0 Å². The molecule has 30 heavy (non-hydrogen) atoms. The van der Waals surface area contributed by atoms with E-state index in [1.165, 1.54) is 8.87 Å². The topological polar surface area (TPSA) is 77.2 Å². The molecule has 0 bridgehead atoms. The molecule has 3 aromatic heterocycles. The summed E-state index contributed by atoms with van der Waals surface area (Å²) in [5.41, 5.74) is 3.06. The summed E-state index contributed by atoms with van der Waals surface area (Å²) in [7, 11) is -2.08. The van der Waals surface area contributed by atoms with E-state index in [2.05, 4.69) is 9.55 Å². The first-order valence-electron chi connectivity index (χ1n) is 9.70. The Hall–Kier alpha value is -3.13. The van der Waals surface area contributed by atoms with E-state index in [0.717, 1.165) is 28.4 Å². The number of aromatic nitrogens is 3. The number of pyridine rings is 1. The molecule has 0 fully saturated rings. The number of nitrogens with zero attached hydrogens (tertiary/aromatic N) is 4. The van der Waals surface area contributed by atoms with Crippen LogP contribution in [0.3, 0.4) is 0 Å². The minimum atomic E-state index is -3.73. The van der Waals surface area contributed by atoms with Crippen LogP contribution in [0.1, 0.15) is 36.1 Å². The number of rotatable bonds is 5. The van der Waals surface area contributed by atoms with Crippen molar-refractivity contribution in [1.82, 2.24) is 18.4 Å². The summed E-state index contributed by atoms with van der Waals surface area (Å²) in [6.45, 7) is 4.36. The zero-order valence-corrected chi connectivity index (χ0v) is 18.2. The molecule has 7 nitrogen and oxygen atoms in total. The van der Waals surface area contributed by atoms with Crippen LogP contribution < -0.4 is 0 Å². The molecule has 156 valence electrons. The van der Waals surface area contributed by atoms with Gasteiger partial charge in [0.25, 0.3) is 5.91 Å². The third kappa shape index (κ3) is 3.27. The lowest BCUT2D eigenvalue weighted by Crippen LogP contribution is -2.30. The largest absolute Gasteiger partial charge is 0.337 e. The zero-order valence-electron chi connectivity index (χ0n) is 17.4. The average molecular weight is 425 g/mol. The van der Waals surface area contributed by atoms with Gasteiger partial charge < -0.3 is 9.47 Å². The van der Waals surface area contributed by atoms with E-state index >= 15 is 0 Å². The molecule has 8 heteroatoms. The Balaban J connectivity index is 1.94. The standard InChI is InChI=1S/C22H24N4O3S/c1-15(2)25-18-11-6-5-10-17(18)21-19(25)13-20(26(21)30(4,28)29)22(27)24(3)14-16-9-7-8-12-23-16/h5-13,15H,14H2,1-4H3. The highest BCUT2D eigenvalue weighted by atomic mass is 32.2. The summed E-state index contributed by atoms with van der Waals surface area (Å²) in [6.07, 6.45) is 2.79. The molecule has 0 spiro atoms. The van der Waals surface area contributed by atoms with Gasteiger partial charge in [-0.1, -0.05) is 24.3 Å². The van der Waals surface area contributed by atoms with E-state index in [9.17, 15) is 13.2 Å². The Morgan fingerprint density at radius 1 is 1.10 bits per heavy atom. The summed E-state index contributed by atoms with van der Waals surface area (Å²) >= 11 is 0. The van der Waals surface area contributed by atoms with Crippen LogP contribution in [0.25, 0.3) is 21.9 Å². The van der Waals surface area contributed by atoms with Crippen molar-refractivity contribution < 1.29 is 13.2 Å².